The summed E-state index contributed by atoms with van der Waals surface area (Å²) in [4.78, 5) is 41.8. The molecule has 0 bridgehead atoms. The predicted molar refractivity (Wildman–Crippen MR) is 134 cm³/mol. The number of fused-ring (bicyclic) bond motifs is 2. The van der Waals surface area contributed by atoms with Gasteiger partial charge in [0.25, 0.3) is 11.5 Å². The van der Waals surface area contributed by atoms with Crippen molar-refractivity contribution in [1.29, 1.82) is 0 Å². The van der Waals surface area contributed by atoms with Crippen LogP contribution in [0.1, 0.15) is 58.9 Å². The summed E-state index contributed by atoms with van der Waals surface area (Å²) in [6.07, 6.45) is 3.72. The Morgan fingerprint density at radius 1 is 1.25 bits per heavy atom. The number of benzene rings is 1. The lowest BCUT2D eigenvalue weighted by Crippen LogP contribution is -2.71. The molecule has 1 aromatic heterocycles. The summed E-state index contributed by atoms with van der Waals surface area (Å²) in [5, 5.41) is 25.4. The predicted octanol–water partition coefficient (Wildman–Crippen LogP) is 0.876. The fourth-order valence-electron chi connectivity index (χ4n) is 6.43. The molecule has 2 aliphatic carbocycles. The Balaban J connectivity index is 1.61. The molecule has 9 nitrogen and oxygen atoms in total. The van der Waals surface area contributed by atoms with E-state index in [0.29, 0.717) is 30.0 Å². The molecule has 1 saturated heterocycles. The number of H-pyrrole nitrogens is 1. The van der Waals surface area contributed by atoms with Gasteiger partial charge in [0.15, 0.2) is 0 Å². The molecule has 0 spiro atoms. The Morgan fingerprint density at radius 3 is 2.69 bits per heavy atom. The van der Waals surface area contributed by atoms with E-state index in [-0.39, 0.29) is 30.3 Å². The number of aryl methyl sites for hydroxylation is 1. The molecule has 3 unspecified atom stereocenters. The number of hydrogen-bond donors (Lipinski definition) is 5. The van der Waals surface area contributed by atoms with Crippen molar-refractivity contribution in [2.24, 2.45) is 11.7 Å². The number of primary amides is 1. The van der Waals surface area contributed by atoms with Crippen molar-refractivity contribution in [1.82, 2.24) is 15.2 Å². The minimum Gasteiger partial charge on any atom is -0.508 e. The van der Waals surface area contributed by atoms with Gasteiger partial charge in [0.1, 0.15) is 11.3 Å². The number of aromatic hydroxyl groups is 1. The maximum Gasteiger partial charge on any atom is 0.261 e. The van der Waals surface area contributed by atoms with Gasteiger partial charge in [-0.15, -0.1) is 0 Å². The summed E-state index contributed by atoms with van der Waals surface area (Å²) in [7, 11) is 0. The van der Waals surface area contributed by atoms with E-state index in [1.807, 2.05) is 13.0 Å². The van der Waals surface area contributed by atoms with Crippen molar-refractivity contribution >= 4 is 11.8 Å². The fraction of sp³-hybridized carbons (Fsp3) is 0.519. The Hall–Kier alpha value is -3.17. The van der Waals surface area contributed by atoms with Crippen LogP contribution in [0.4, 0.5) is 0 Å². The molecule has 6 N–H and O–H groups in total. The number of aliphatic hydroxyl groups is 1. The molecule has 2 heterocycles. The molecule has 1 aliphatic heterocycles. The van der Waals surface area contributed by atoms with E-state index in [9.17, 15) is 24.6 Å². The number of hydrogen-bond acceptors (Lipinski definition) is 6. The maximum atomic E-state index is 12.9. The van der Waals surface area contributed by atoms with E-state index < -0.39 is 28.4 Å². The van der Waals surface area contributed by atoms with E-state index in [0.717, 1.165) is 24.2 Å². The zero-order valence-electron chi connectivity index (χ0n) is 20.8. The van der Waals surface area contributed by atoms with Crippen LogP contribution >= 0.6 is 0 Å². The Morgan fingerprint density at radius 2 is 2.00 bits per heavy atom. The van der Waals surface area contributed by atoms with E-state index in [2.05, 4.69) is 22.1 Å². The van der Waals surface area contributed by atoms with Crippen molar-refractivity contribution < 1.29 is 19.8 Å². The number of aromatic nitrogens is 1. The lowest BCUT2D eigenvalue weighted by Gasteiger charge is -2.60. The summed E-state index contributed by atoms with van der Waals surface area (Å²) >= 11 is 0. The standard InChI is InChI=1S/C27H34N4O5/c1-15-3-6-19(32)10-21(15)26-7-8-31(14-17-4-5-17)16(2)27(26,36)11-18-9-20(24(34)29-13-23(28)33)25(35)30-22(18)12-26/h3,6,9-10,16-17,32,36H,4-5,7-8,11-14H2,1-2H3,(H2,28,33)(H,29,34)(H,30,35). The number of amides is 2. The number of likely N-dealkylation sites (tertiary alicyclic amines) is 1. The molecule has 1 aromatic carbocycles. The number of nitrogens with two attached hydrogens (primary N) is 1. The highest BCUT2D eigenvalue weighted by molar-refractivity contribution is 5.96. The van der Waals surface area contributed by atoms with Crippen LogP contribution in [0.2, 0.25) is 0 Å². The van der Waals surface area contributed by atoms with Crippen LogP contribution in [0.15, 0.2) is 29.1 Å². The highest BCUT2D eigenvalue weighted by Gasteiger charge is 2.61. The number of aromatic amines is 1. The topological polar surface area (TPSA) is 149 Å². The molecular formula is C27H34N4O5. The van der Waals surface area contributed by atoms with Gasteiger partial charge in [-0.05, 0) is 80.5 Å². The van der Waals surface area contributed by atoms with Crippen LogP contribution in [0.5, 0.6) is 5.75 Å². The highest BCUT2D eigenvalue weighted by Crippen LogP contribution is 2.54. The Bertz CT molecular complexity index is 1290. The van der Waals surface area contributed by atoms with Crippen LogP contribution in [0, 0.1) is 12.8 Å². The third-order valence-electron chi connectivity index (χ3n) is 8.64. The molecule has 3 aliphatic rings. The van der Waals surface area contributed by atoms with Gasteiger partial charge >= 0.3 is 0 Å². The summed E-state index contributed by atoms with van der Waals surface area (Å²) in [6, 6.07) is 6.62. The molecule has 2 amide bonds. The lowest BCUT2D eigenvalue weighted by atomic mass is 9.53. The van der Waals surface area contributed by atoms with Crippen LogP contribution in [-0.2, 0) is 23.1 Å². The Kier molecular flexibility index (Phi) is 5.95. The number of piperidine rings is 1. The molecule has 36 heavy (non-hydrogen) atoms. The van der Waals surface area contributed by atoms with Crippen molar-refractivity contribution in [3.8, 4) is 5.75 Å². The summed E-state index contributed by atoms with van der Waals surface area (Å²) in [5.74, 6) is -0.581. The van der Waals surface area contributed by atoms with Crippen LogP contribution in [0.25, 0.3) is 0 Å². The largest absolute Gasteiger partial charge is 0.508 e. The second kappa shape index (κ2) is 8.74. The number of phenols is 1. The zero-order valence-corrected chi connectivity index (χ0v) is 20.8. The van der Waals surface area contributed by atoms with Crippen molar-refractivity contribution in [3.05, 3.63) is 62.6 Å². The first-order valence-corrected chi connectivity index (χ1v) is 12.6. The molecule has 1 saturated carbocycles. The van der Waals surface area contributed by atoms with E-state index in [1.165, 1.54) is 18.9 Å². The first kappa shape index (κ1) is 24.5. The number of nitrogens with one attached hydrogen (secondary N) is 2. The van der Waals surface area contributed by atoms with Gasteiger partial charge in [0, 0.05) is 36.5 Å². The molecule has 9 heteroatoms. The van der Waals surface area contributed by atoms with Gasteiger partial charge < -0.3 is 26.2 Å². The number of carbonyl (C=O) groups excluding carboxylic acids is 2. The summed E-state index contributed by atoms with van der Waals surface area (Å²) in [5.41, 5.74) is 5.78. The third-order valence-corrected chi connectivity index (χ3v) is 8.64. The first-order valence-electron chi connectivity index (χ1n) is 12.6. The number of pyridine rings is 1. The van der Waals surface area contributed by atoms with Crippen molar-refractivity contribution in [2.75, 3.05) is 19.6 Å². The molecule has 3 atom stereocenters. The van der Waals surface area contributed by atoms with Crippen molar-refractivity contribution in [3.63, 3.8) is 0 Å². The summed E-state index contributed by atoms with van der Waals surface area (Å²) in [6.45, 7) is 5.42. The first-order chi connectivity index (χ1) is 17.0. The second-order valence-corrected chi connectivity index (χ2v) is 10.9. The van der Waals surface area contributed by atoms with Crippen molar-refractivity contribution in [2.45, 2.75) is 63.0 Å². The molecular weight excluding hydrogens is 460 g/mol. The number of nitrogens with zero attached hydrogens (tertiary/aromatic N) is 1. The summed E-state index contributed by atoms with van der Waals surface area (Å²) < 4.78 is 0. The zero-order chi connectivity index (χ0) is 25.8. The van der Waals surface area contributed by atoms with Gasteiger partial charge in [-0.3, -0.25) is 19.3 Å². The van der Waals surface area contributed by atoms with Crippen LogP contribution in [-0.4, -0.2) is 63.2 Å². The van der Waals surface area contributed by atoms with E-state index in [1.54, 1.807) is 12.1 Å². The average Bonchev–Trinajstić information content (AvgIpc) is 3.65. The van der Waals surface area contributed by atoms with Gasteiger partial charge in [-0.25, -0.2) is 0 Å². The minimum atomic E-state index is -1.20. The van der Waals surface area contributed by atoms with Crippen LogP contribution < -0.4 is 16.6 Å². The van der Waals surface area contributed by atoms with Gasteiger partial charge in [0.05, 0.1) is 12.1 Å². The molecule has 2 fully saturated rings. The molecule has 0 radical (unpaired) electrons. The SMILES string of the molecule is Cc1ccc(O)cc1C12CCN(CC3CC3)C(C)C1(O)Cc1cc(C(=O)NCC(N)=O)c(=O)[nH]c1C2. The minimum absolute atomic E-state index is 0.113. The highest BCUT2D eigenvalue weighted by atomic mass is 16.3. The maximum absolute atomic E-state index is 12.9. The average molecular weight is 495 g/mol. The van der Waals surface area contributed by atoms with Gasteiger partial charge in [0.2, 0.25) is 5.91 Å². The monoisotopic (exact) mass is 494 g/mol. The van der Waals surface area contributed by atoms with Gasteiger partial charge in [-0.2, -0.15) is 0 Å². The normalized spacial score (nSPS) is 27.7. The Labute approximate surface area is 209 Å². The van der Waals surface area contributed by atoms with Gasteiger partial charge in [-0.1, -0.05) is 6.07 Å². The molecule has 5 rings (SSSR count). The number of rotatable bonds is 6. The quantitative estimate of drug-likeness (QED) is 0.402. The van der Waals surface area contributed by atoms with Crippen LogP contribution in [0.3, 0.4) is 0 Å². The van der Waals surface area contributed by atoms with E-state index >= 15 is 0 Å². The second-order valence-electron chi connectivity index (χ2n) is 10.9. The third kappa shape index (κ3) is 4.00. The molecule has 2 aromatic rings. The number of phenolic OH excluding ortho intramolecular Hbond substituents is 1. The lowest BCUT2D eigenvalue weighted by molar-refractivity contribution is -0.139. The van der Waals surface area contributed by atoms with E-state index in [4.69, 9.17) is 5.73 Å². The number of carbonyl (C=O) groups is 2. The smallest absolute Gasteiger partial charge is 0.261 e. The fourth-order valence-corrected chi connectivity index (χ4v) is 6.43. The molecule has 192 valence electrons.